The summed E-state index contributed by atoms with van der Waals surface area (Å²) in [6.07, 6.45) is 10.2. The average molecular weight is 565 g/mol. The van der Waals surface area contributed by atoms with E-state index < -0.39 is 0 Å². The number of nitrogens with zero attached hydrogens (tertiary/aromatic N) is 1. The van der Waals surface area contributed by atoms with Crippen LogP contribution in [0.15, 0.2) is 53.4 Å². The van der Waals surface area contributed by atoms with Crippen LogP contribution in [0, 0.1) is 0 Å². The molecule has 218 valence electrons. The maximum Gasteiger partial charge on any atom is 0.255 e. The Morgan fingerprint density at radius 1 is 0.925 bits per heavy atom. The highest BCUT2D eigenvalue weighted by Crippen LogP contribution is 2.36. The first kappa shape index (κ1) is 31.8. The van der Waals surface area contributed by atoms with Crippen molar-refractivity contribution in [1.82, 2.24) is 10.2 Å². The van der Waals surface area contributed by atoms with Gasteiger partial charge in [-0.25, -0.2) is 0 Å². The van der Waals surface area contributed by atoms with Gasteiger partial charge in [-0.05, 0) is 74.8 Å². The molecular formula is C34H48N2O3S. The van der Waals surface area contributed by atoms with Gasteiger partial charge in [0.2, 0.25) is 0 Å². The molecule has 6 heteroatoms. The smallest absolute Gasteiger partial charge is 0.255 e. The maximum absolute atomic E-state index is 13.1. The molecule has 0 spiro atoms. The summed E-state index contributed by atoms with van der Waals surface area (Å²) >= 11 is 1.71. The quantitative estimate of drug-likeness (QED) is 0.122. The molecule has 0 aliphatic heterocycles. The average Bonchev–Trinajstić information content (AvgIpc) is 2.95. The van der Waals surface area contributed by atoms with E-state index in [1.165, 1.54) is 49.7 Å². The van der Waals surface area contributed by atoms with Gasteiger partial charge in [0.15, 0.2) is 0 Å². The third-order valence-electron chi connectivity index (χ3n) is 7.13. The highest BCUT2D eigenvalue weighted by Gasteiger charge is 2.17. The van der Waals surface area contributed by atoms with Gasteiger partial charge >= 0.3 is 0 Å². The Hall–Kier alpha value is -2.70. The Balaban J connectivity index is 1.58. The standard InChI is InChI=1S/C34H48N2O3S/c1-5-7-9-14-26-18-19-31(27(24-26)15-10-8-6-2)39-22-13-20-35-34(38)30-25-32(40-23-21-36(3)4)28-16-11-12-17-29(28)33(30)37/h11-12,16-19,24-25,37H,5-10,13-15,20-23H2,1-4H3,(H,35,38). The van der Waals surface area contributed by atoms with Gasteiger partial charge in [-0.2, -0.15) is 0 Å². The Morgan fingerprint density at radius 2 is 1.65 bits per heavy atom. The van der Waals surface area contributed by atoms with E-state index >= 15 is 0 Å². The lowest BCUT2D eigenvalue weighted by Crippen LogP contribution is -2.25. The SMILES string of the molecule is CCCCCc1ccc(OCCCNC(=O)c2cc(SCCN(C)C)c3ccccc3c2O)c(CCCCC)c1. The summed E-state index contributed by atoms with van der Waals surface area (Å²) in [6.45, 7) is 6.42. The minimum Gasteiger partial charge on any atom is -0.506 e. The van der Waals surface area contributed by atoms with E-state index in [-0.39, 0.29) is 11.7 Å². The summed E-state index contributed by atoms with van der Waals surface area (Å²) in [5.74, 6) is 1.65. The maximum atomic E-state index is 13.1. The summed E-state index contributed by atoms with van der Waals surface area (Å²) in [5, 5.41) is 15.6. The Kier molecular flexibility index (Phi) is 13.7. The fraction of sp³-hybridized carbons (Fsp3) is 0.500. The first-order chi connectivity index (χ1) is 19.4. The number of hydrogen-bond acceptors (Lipinski definition) is 5. The number of ether oxygens (including phenoxy) is 1. The van der Waals surface area contributed by atoms with Crippen LogP contribution < -0.4 is 10.1 Å². The Labute approximate surface area is 245 Å². The van der Waals surface area contributed by atoms with Gasteiger partial charge < -0.3 is 20.1 Å². The first-order valence-electron chi connectivity index (χ1n) is 15.0. The molecule has 0 radical (unpaired) electrons. The highest BCUT2D eigenvalue weighted by molar-refractivity contribution is 7.99. The molecular weight excluding hydrogens is 516 g/mol. The van der Waals surface area contributed by atoms with Crippen LogP contribution in [-0.4, -0.2) is 55.5 Å². The monoisotopic (exact) mass is 564 g/mol. The lowest BCUT2D eigenvalue weighted by atomic mass is 10.00. The van der Waals surface area contributed by atoms with Gasteiger partial charge in [-0.3, -0.25) is 4.79 Å². The van der Waals surface area contributed by atoms with Gasteiger partial charge in [0, 0.05) is 29.1 Å². The molecule has 2 N–H and O–H groups in total. The van der Waals surface area contributed by atoms with Crippen molar-refractivity contribution in [2.45, 2.75) is 76.5 Å². The molecule has 0 saturated heterocycles. The molecule has 0 aliphatic carbocycles. The van der Waals surface area contributed by atoms with E-state index in [2.05, 4.69) is 56.4 Å². The number of phenols is 1. The molecule has 0 unspecified atom stereocenters. The molecule has 1 amide bonds. The number of amides is 1. The fourth-order valence-electron chi connectivity index (χ4n) is 4.78. The summed E-state index contributed by atoms with van der Waals surface area (Å²) in [7, 11) is 4.10. The normalized spacial score (nSPS) is 11.3. The van der Waals surface area contributed by atoms with Gasteiger partial charge in [-0.1, -0.05) is 75.9 Å². The van der Waals surface area contributed by atoms with E-state index in [0.717, 1.165) is 41.2 Å². The molecule has 0 atom stereocenters. The van der Waals surface area contributed by atoms with Crippen LogP contribution in [-0.2, 0) is 12.8 Å². The number of thioether (sulfide) groups is 1. The first-order valence-corrected chi connectivity index (χ1v) is 16.0. The van der Waals surface area contributed by atoms with Crippen molar-refractivity contribution in [2.75, 3.05) is 39.5 Å². The van der Waals surface area contributed by atoms with Crippen LogP contribution in [0.5, 0.6) is 11.5 Å². The van der Waals surface area contributed by atoms with E-state index in [4.69, 9.17) is 4.74 Å². The van der Waals surface area contributed by atoms with Crippen LogP contribution in [0.3, 0.4) is 0 Å². The number of phenolic OH excluding ortho intramolecular Hbond substituents is 1. The number of carbonyl (C=O) groups excluding carboxylic acids is 1. The number of nitrogens with one attached hydrogen (secondary N) is 1. The van der Waals surface area contributed by atoms with Crippen LogP contribution in [0.1, 0.15) is 80.3 Å². The Morgan fingerprint density at radius 3 is 2.38 bits per heavy atom. The molecule has 0 aliphatic rings. The minimum atomic E-state index is -0.255. The van der Waals surface area contributed by atoms with E-state index in [1.54, 1.807) is 11.8 Å². The topological polar surface area (TPSA) is 61.8 Å². The lowest BCUT2D eigenvalue weighted by molar-refractivity contribution is 0.0949. The summed E-state index contributed by atoms with van der Waals surface area (Å²) in [6, 6.07) is 16.2. The zero-order valence-electron chi connectivity index (χ0n) is 24.9. The second kappa shape index (κ2) is 17.2. The number of carbonyl (C=O) groups is 1. The lowest BCUT2D eigenvalue weighted by Gasteiger charge is -2.15. The predicted molar refractivity (Wildman–Crippen MR) is 170 cm³/mol. The number of rotatable bonds is 18. The van der Waals surface area contributed by atoms with Gasteiger partial charge in [0.1, 0.15) is 11.5 Å². The third kappa shape index (κ3) is 9.74. The number of benzene rings is 3. The third-order valence-corrected chi connectivity index (χ3v) is 8.16. The van der Waals surface area contributed by atoms with Crippen molar-refractivity contribution in [3.63, 3.8) is 0 Å². The summed E-state index contributed by atoms with van der Waals surface area (Å²) < 4.78 is 6.19. The van der Waals surface area contributed by atoms with Crippen LogP contribution in [0.2, 0.25) is 0 Å². The van der Waals surface area contributed by atoms with Crippen LogP contribution in [0.25, 0.3) is 10.8 Å². The molecule has 0 saturated carbocycles. The molecule has 3 aromatic rings. The highest BCUT2D eigenvalue weighted by atomic mass is 32.2. The molecule has 3 aromatic carbocycles. The van der Waals surface area contributed by atoms with Gasteiger partial charge in [-0.15, -0.1) is 11.8 Å². The molecule has 40 heavy (non-hydrogen) atoms. The predicted octanol–water partition coefficient (Wildman–Crippen LogP) is 7.86. The van der Waals surface area contributed by atoms with Crippen molar-refractivity contribution in [3.05, 3.63) is 65.2 Å². The second-order valence-electron chi connectivity index (χ2n) is 10.8. The number of unbranched alkanes of at least 4 members (excludes halogenated alkanes) is 4. The molecule has 0 fully saturated rings. The zero-order chi connectivity index (χ0) is 28.7. The van der Waals surface area contributed by atoms with Crippen molar-refractivity contribution < 1.29 is 14.6 Å². The van der Waals surface area contributed by atoms with Crippen LogP contribution in [0.4, 0.5) is 0 Å². The van der Waals surface area contributed by atoms with E-state index in [1.807, 2.05) is 30.3 Å². The number of hydrogen-bond donors (Lipinski definition) is 2. The summed E-state index contributed by atoms with van der Waals surface area (Å²) in [4.78, 5) is 16.2. The Bertz CT molecular complexity index is 1210. The number of aryl methyl sites for hydroxylation is 2. The van der Waals surface area contributed by atoms with Crippen molar-refractivity contribution in [3.8, 4) is 11.5 Å². The van der Waals surface area contributed by atoms with E-state index in [0.29, 0.717) is 30.5 Å². The molecule has 5 nitrogen and oxygen atoms in total. The zero-order valence-corrected chi connectivity index (χ0v) is 25.7. The fourth-order valence-corrected chi connectivity index (χ4v) is 5.99. The molecule has 0 bridgehead atoms. The van der Waals surface area contributed by atoms with Crippen molar-refractivity contribution in [2.24, 2.45) is 0 Å². The van der Waals surface area contributed by atoms with Crippen molar-refractivity contribution >= 4 is 28.4 Å². The van der Waals surface area contributed by atoms with Crippen molar-refractivity contribution in [1.29, 1.82) is 0 Å². The molecule has 0 heterocycles. The van der Waals surface area contributed by atoms with Crippen LogP contribution >= 0.6 is 11.8 Å². The molecule has 0 aromatic heterocycles. The van der Waals surface area contributed by atoms with E-state index in [9.17, 15) is 9.90 Å². The van der Waals surface area contributed by atoms with Gasteiger partial charge in [0.25, 0.3) is 5.91 Å². The number of fused-ring (bicyclic) bond motifs is 1. The van der Waals surface area contributed by atoms with Gasteiger partial charge in [0.05, 0.1) is 12.2 Å². The minimum absolute atomic E-state index is 0.0389. The molecule has 3 rings (SSSR count). The largest absolute Gasteiger partial charge is 0.506 e. The second-order valence-corrected chi connectivity index (χ2v) is 11.9. The summed E-state index contributed by atoms with van der Waals surface area (Å²) in [5.41, 5.74) is 3.02. The number of aromatic hydroxyl groups is 1.